The van der Waals surface area contributed by atoms with Gasteiger partial charge in [0.05, 0.1) is 18.1 Å². The lowest BCUT2D eigenvalue weighted by atomic mass is 10.00. The smallest absolute Gasteiger partial charge is 0.240 e. The van der Waals surface area contributed by atoms with Crippen LogP contribution in [0, 0.1) is 5.92 Å². The molecule has 0 spiro atoms. The molecule has 2 aliphatic heterocycles. The van der Waals surface area contributed by atoms with Crippen molar-refractivity contribution < 1.29 is 22.7 Å². The molecule has 1 unspecified atom stereocenters. The second kappa shape index (κ2) is 9.38. The Kier molecular flexibility index (Phi) is 6.92. The van der Waals surface area contributed by atoms with Crippen molar-refractivity contribution in [2.45, 2.75) is 30.6 Å². The molecule has 1 fully saturated rings. The Bertz CT molecular complexity index is 747. The lowest BCUT2D eigenvalue weighted by Gasteiger charge is -2.22. The predicted octanol–water partition coefficient (Wildman–Crippen LogP) is 0.632. The summed E-state index contributed by atoms with van der Waals surface area (Å²) in [4.78, 5) is 12.0. The minimum absolute atomic E-state index is 0.0471. The Morgan fingerprint density at radius 3 is 2.78 bits per heavy atom. The molecule has 1 aromatic rings. The maximum atomic E-state index is 12.4. The topological polar surface area (TPSA) is 106 Å². The summed E-state index contributed by atoms with van der Waals surface area (Å²) < 4.78 is 38.4. The van der Waals surface area contributed by atoms with Crippen molar-refractivity contribution in [1.82, 2.24) is 15.4 Å². The first kappa shape index (κ1) is 19.9. The fourth-order valence-electron chi connectivity index (χ4n) is 3.14. The summed E-state index contributed by atoms with van der Waals surface area (Å²) in [5.41, 5.74) is 0. The molecule has 2 heterocycles. The van der Waals surface area contributed by atoms with Crippen molar-refractivity contribution in [3.05, 3.63) is 18.2 Å². The maximum absolute atomic E-state index is 12.4. The van der Waals surface area contributed by atoms with Crippen molar-refractivity contribution >= 4 is 15.9 Å². The Morgan fingerprint density at radius 1 is 1.19 bits per heavy atom. The average Bonchev–Trinajstić information content (AvgIpc) is 2.92. The van der Waals surface area contributed by atoms with Gasteiger partial charge in [0.15, 0.2) is 11.5 Å². The molecule has 0 aliphatic carbocycles. The number of fused-ring (bicyclic) bond motifs is 1. The molecule has 8 nitrogen and oxygen atoms in total. The summed E-state index contributed by atoms with van der Waals surface area (Å²) in [5, 5.41) is 6.18. The molecule has 27 heavy (non-hydrogen) atoms. The molecule has 0 aromatic heterocycles. The number of piperidine rings is 1. The van der Waals surface area contributed by atoms with Crippen molar-refractivity contribution in [3.8, 4) is 11.5 Å². The van der Waals surface area contributed by atoms with Gasteiger partial charge in [0.1, 0.15) is 0 Å². The molecule has 1 atom stereocenters. The lowest BCUT2D eigenvalue weighted by Crippen LogP contribution is -2.39. The standard InChI is InChI=1S/C18H27N3O5S/c22-18(20-13-14-3-1-7-19-12-14)6-8-21-27(23,24)15-4-5-16-17(11-15)26-10-2-9-25-16/h4-5,11,14,19,21H,1-3,6-10,12-13H2,(H,20,22). The first-order valence-corrected chi connectivity index (χ1v) is 10.9. The quantitative estimate of drug-likeness (QED) is 0.623. The van der Waals surface area contributed by atoms with Crippen LogP contribution >= 0.6 is 0 Å². The van der Waals surface area contributed by atoms with E-state index >= 15 is 0 Å². The first-order chi connectivity index (χ1) is 13.0. The molecule has 0 radical (unpaired) electrons. The van der Waals surface area contributed by atoms with Gasteiger partial charge < -0.3 is 20.1 Å². The fourth-order valence-corrected chi connectivity index (χ4v) is 4.18. The molecule has 1 amide bonds. The van der Waals surface area contributed by atoms with Crippen LogP contribution in [0.1, 0.15) is 25.7 Å². The zero-order valence-electron chi connectivity index (χ0n) is 15.3. The minimum Gasteiger partial charge on any atom is -0.490 e. The highest BCUT2D eigenvalue weighted by Crippen LogP contribution is 2.31. The van der Waals surface area contributed by atoms with Gasteiger partial charge in [-0.15, -0.1) is 0 Å². The van der Waals surface area contributed by atoms with Gasteiger partial charge in [0.2, 0.25) is 15.9 Å². The third kappa shape index (κ3) is 5.82. The number of hydrogen-bond acceptors (Lipinski definition) is 6. The van der Waals surface area contributed by atoms with E-state index in [2.05, 4.69) is 15.4 Å². The van der Waals surface area contributed by atoms with Crippen LogP contribution in [0.2, 0.25) is 0 Å². The molecular weight excluding hydrogens is 370 g/mol. The molecule has 150 valence electrons. The number of carbonyl (C=O) groups excluding carboxylic acids is 1. The van der Waals surface area contributed by atoms with Gasteiger partial charge in [-0.05, 0) is 44.0 Å². The summed E-state index contributed by atoms with van der Waals surface area (Å²) in [6.45, 7) is 3.65. The number of hydrogen-bond donors (Lipinski definition) is 3. The zero-order valence-corrected chi connectivity index (χ0v) is 16.1. The molecule has 0 saturated carbocycles. The molecule has 0 bridgehead atoms. The fraction of sp³-hybridized carbons (Fsp3) is 0.611. The van der Waals surface area contributed by atoms with E-state index < -0.39 is 10.0 Å². The van der Waals surface area contributed by atoms with Gasteiger partial charge in [-0.2, -0.15) is 0 Å². The van der Waals surface area contributed by atoms with Crippen LogP contribution in [-0.4, -0.2) is 53.7 Å². The molecule has 9 heteroatoms. The van der Waals surface area contributed by atoms with E-state index in [4.69, 9.17) is 9.47 Å². The molecule has 3 N–H and O–H groups in total. The van der Waals surface area contributed by atoms with Gasteiger partial charge in [0.25, 0.3) is 0 Å². The second-order valence-electron chi connectivity index (χ2n) is 6.82. The summed E-state index contributed by atoms with van der Waals surface area (Å²) in [5.74, 6) is 1.26. The van der Waals surface area contributed by atoms with Gasteiger partial charge in [-0.25, -0.2) is 13.1 Å². The summed E-state index contributed by atoms with van der Waals surface area (Å²) in [6, 6.07) is 4.53. The van der Waals surface area contributed by atoms with Crippen molar-refractivity contribution in [3.63, 3.8) is 0 Å². The Hall–Kier alpha value is -1.84. The number of benzene rings is 1. The highest BCUT2D eigenvalue weighted by molar-refractivity contribution is 7.89. The number of amides is 1. The molecule has 2 aliphatic rings. The molecule has 3 rings (SSSR count). The Morgan fingerprint density at radius 2 is 2.00 bits per heavy atom. The van der Waals surface area contributed by atoms with E-state index in [1.54, 1.807) is 6.07 Å². The van der Waals surface area contributed by atoms with Gasteiger partial charge in [-0.3, -0.25) is 4.79 Å². The van der Waals surface area contributed by atoms with E-state index in [0.717, 1.165) is 32.4 Å². The maximum Gasteiger partial charge on any atom is 0.240 e. The molecule has 1 aromatic carbocycles. The normalized spacial score (nSPS) is 19.9. The SMILES string of the molecule is O=C(CCNS(=O)(=O)c1ccc2c(c1)OCCCO2)NCC1CCCNC1. The van der Waals surface area contributed by atoms with Gasteiger partial charge in [0, 0.05) is 32.0 Å². The largest absolute Gasteiger partial charge is 0.490 e. The number of rotatable bonds is 7. The highest BCUT2D eigenvalue weighted by Gasteiger charge is 2.19. The number of nitrogens with one attached hydrogen (secondary N) is 3. The summed E-state index contributed by atoms with van der Waals surface area (Å²) in [6.07, 6.45) is 3.07. The van der Waals surface area contributed by atoms with Crippen LogP contribution < -0.4 is 24.8 Å². The van der Waals surface area contributed by atoms with Crippen molar-refractivity contribution in [1.29, 1.82) is 0 Å². The van der Waals surface area contributed by atoms with Crippen molar-refractivity contribution in [2.24, 2.45) is 5.92 Å². The van der Waals surface area contributed by atoms with Crippen LogP contribution in [0.3, 0.4) is 0 Å². The number of ether oxygens (including phenoxy) is 2. The molecular formula is C18H27N3O5S. The van der Waals surface area contributed by atoms with E-state index in [1.165, 1.54) is 12.1 Å². The summed E-state index contributed by atoms with van der Waals surface area (Å²) in [7, 11) is -3.71. The van der Waals surface area contributed by atoms with Crippen LogP contribution in [-0.2, 0) is 14.8 Å². The highest BCUT2D eigenvalue weighted by atomic mass is 32.2. The number of carbonyl (C=O) groups is 1. The van der Waals surface area contributed by atoms with Crippen LogP contribution in [0.4, 0.5) is 0 Å². The lowest BCUT2D eigenvalue weighted by molar-refractivity contribution is -0.121. The van der Waals surface area contributed by atoms with Crippen molar-refractivity contribution in [2.75, 3.05) is 39.4 Å². The average molecular weight is 397 g/mol. The monoisotopic (exact) mass is 397 g/mol. The predicted molar refractivity (Wildman–Crippen MR) is 100 cm³/mol. The zero-order chi connectivity index (χ0) is 19.1. The summed E-state index contributed by atoms with van der Waals surface area (Å²) >= 11 is 0. The van der Waals surface area contributed by atoms with E-state index in [9.17, 15) is 13.2 Å². The third-order valence-electron chi connectivity index (χ3n) is 4.66. The van der Waals surface area contributed by atoms with E-state index in [1.807, 2.05) is 0 Å². The van der Waals surface area contributed by atoms with Crippen LogP contribution in [0.15, 0.2) is 23.1 Å². The van der Waals surface area contributed by atoms with E-state index in [-0.39, 0.29) is 23.8 Å². The van der Waals surface area contributed by atoms with E-state index in [0.29, 0.717) is 37.2 Å². The Labute approximate surface area is 160 Å². The van der Waals surface area contributed by atoms with Crippen LogP contribution in [0.5, 0.6) is 11.5 Å². The van der Waals surface area contributed by atoms with Gasteiger partial charge >= 0.3 is 0 Å². The third-order valence-corrected chi connectivity index (χ3v) is 6.12. The van der Waals surface area contributed by atoms with Gasteiger partial charge in [-0.1, -0.05) is 0 Å². The van der Waals surface area contributed by atoms with Crippen LogP contribution in [0.25, 0.3) is 0 Å². The Balaban J connectivity index is 1.46. The first-order valence-electron chi connectivity index (χ1n) is 9.41. The number of sulfonamides is 1. The minimum atomic E-state index is -3.71. The molecule has 1 saturated heterocycles. The second-order valence-corrected chi connectivity index (χ2v) is 8.59.